The zero-order chi connectivity index (χ0) is 18.3. The largest absolute Gasteiger partial charge is 0.468 e. The quantitative estimate of drug-likeness (QED) is 0.575. The summed E-state index contributed by atoms with van der Waals surface area (Å²) in [5.74, 6) is 0.235. The van der Waals surface area contributed by atoms with E-state index in [9.17, 15) is 13.2 Å². The number of guanidine groups is 1. The van der Waals surface area contributed by atoms with Gasteiger partial charge in [-0.1, -0.05) is 6.92 Å². The van der Waals surface area contributed by atoms with Gasteiger partial charge in [0, 0.05) is 24.8 Å². The van der Waals surface area contributed by atoms with E-state index >= 15 is 0 Å². The smallest absolute Gasteiger partial charge is 0.422 e. The summed E-state index contributed by atoms with van der Waals surface area (Å²) in [5, 5.41) is 3.11. The van der Waals surface area contributed by atoms with Crippen LogP contribution in [0, 0.1) is 0 Å². The van der Waals surface area contributed by atoms with Crippen molar-refractivity contribution in [3.8, 4) is 5.88 Å². The standard InChI is InChI=1S/C16H24F3N5O/c1-2-24-7-3-4-13(24)10-23-15(20)22-9-12-5-6-21-14(8-12)25-11-16(17,18)19/h5-6,8,13H,2-4,7,9-11H2,1H3,(H3,20,22,23). The summed E-state index contributed by atoms with van der Waals surface area (Å²) in [6.45, 7) is 3.87. The zero-order valence-electron chi connectivity index (χ0n) is 14.2. The fourth-order valence-corrected chi connectivity index (χ4v) is 2.78. The monoisotopic (exact) mass is 359 g/mol. The highest BCUT2D eigenvalue weighted by molar-refractivity contribution is 5.77. The van der Waals surface area contributed by atoms with Crippen molar-refractivity contribution in [2.45, 2.75) is 38.5 Å². The van der Waals surface area contributed by atoms with Crippen molar-refractivity contribution in [2.24, 2.45) is 10.7 Å². The molecule has 0 bridgehead atoms. The predicted octanol–water partition coefficient (Wildman–Crippen LogP) is 1.91. The molecule has 1 atom stereocenters. The van der Waals surface area contributed by atoms with Crippen LogP contribution in [0.5, 0.6) is 5.88 Å². The summed E-state index contributed by atoms with van der Waals surface area (Å²) in [5.41, 5.74) is 6.54. The Hall–Kier alpha value is -2.03. The van der Waals surface area contributed by atoms with E-state index in [0.717, 1.165) is 26.1 Å². The summed E-state index contributed by atoms with van der Waals surface area (Å²) >= 11 is 0. The normalized spacial score (nSPS) is 19.2. The average molecular weight is 359 g/mol. The second-order valence-corrected chi connectivity index (χ2v) is 5.91. The number of aromatic nitrogens is 1. The van der Waals surface area contributed by atoms with Gasteiger partial charge in [-0.25, -0.2) is 9.98 Å². The van der Waals surface area contributed by atoms with Crippen LogP contribution in [0.4, 0.5) is 13.2 Å². The third-order valence-corrected chi connectivity index (χ3v) is 4.04. The van der Waals surface area contributed by atoms with Gasteiger partial charge < -0.3 is 15.8 Å². The third kappa shape index (κ3) is 6.77. The number of alkyl halides is 3. The molecule has 2 rings (SSSR count). The zero-order valence-corrected chi connectivity index (χ0v) is 14.2. The van der Waals surface area contributed by atoms with Crippen LogP contribution in [0.1, 0.15) is 25.3 Å². The van der Waals surface area contributed by atoms with Gasteiger partial charge in [-0.05, 0) is 37.6 Å². The fraction of sp³-hybridized carbons (Fsp3) is 0.625. The Labute approximate surface area is 145 Å². The summed E-state index contributed by atoms with van der Waals surface area (Å²) in [6, 6.07) is 3.55. The SMILES string of the molecule is CCN1CCCC1CNC(N)=NCc1ccnc(OCC(F)(F)F)c1. The van der Waals surface area contributed by atoms with Crippen LogP contribution in [-0.2, 0) is 6.54 Å². The van der Waals surface area contributed by atoms with Crippen molar-refractivity contribution in [3.05, 3.63) is 23.9 Å². The summed E-state index contributed by atoms with van der Waals surface area (Å²) in [7, 11) is 0. The van der Waals surface area contributed by atoms with E-state index in [1.54, 1.807) is 6.07 Å². The van der Waals surface area contributed by atoms with Gasteiger partial charge in [0.1, 0.15) is 0 Å². The molecule has 140 valence electrons. The topological polar surface area (TPSA) is 75.8 Å². The van der Waals surface area contributed by atoms with Crippen LogP contribution in [0.2, 0.25) is 0 Å². The lowest BCUT2D eigenvalue weighted by atomic mass is 10.2. The van der Waals surface area contributed by atoms with E-state index < -0.39 is 12.8 Å². The molecule has 1 aliphatic heterocycles. The van der Waals surface area contributed by atoms with Gasteiger partial charge in [0.25, 0.3) is 0 Å². The molecule has 25 heavy (non-hydrogen) atoms. The van der Waals surface area contributed by atoms with Gasteiger partial charge in [-0.2, -0.15) is 13.2 Å². The van der Waals surface area contributed by atoms with Gasteiger partial charge in [-0.3, -0.25) is 4.90 Å². The lowest BCUT2D eigenvalue weighted by molar-refractivity contribution is -0.154. The number of aliphatic imine (C=N–C) groups is 1. The van der Waals surface area contributed by atoms with E-state index in [2.05, 4.69) is 31.9 Å². The van der Waals surface area contributed by atoms with Gasteiger partial charge >= 0.3 is 6.18 Å². The maximum absolute atomic E-state index is 12.2. The highest BCUT2D eigenvalue weighted by atomic mass is 19.4. The molecule has 1 aliphatic rings. The molecular formula is C16H24F3N5O. The van der Waals surface area contributed by atoms with Gasteiger partial charge in [0.05, 0.1) is 6.54 Å². The molecular weight excluding hydrogens is 335 g/mol. The molecule has 0 spiro atoms. The highest BCUT2D eigenvalue weighted by Gasteiger charge is 2.28. The Morgan fingerprint density at radius 3 is 3.04 bits per heavy atom. The molecule has 0 radical (unpaired) electrons. The molecule has 0 aliphatic carbocycles. The molecule has 0 saturated carbocycles. The number of ether oxygens (including phenoxy) is 1. The number of halogens is 3. The minimum atomic E-state index is -4.39. The maximum Gasteiger partial charge on any atom is 0.422 e. The first kappa shape index (κ1) is 19.3. The number of hydrogen-bond donors (Lipinski definition) is 2. The second kappa shape index (κ2) is 8.89. The summed E-state index contributed by atoms with van der Waals surface area (Å²) in [4.78, 5) is 10.4. The third-order valence-electron chi connectivity index (χ3n) is 4.04. The van der Waals surface area contributed by atoms with Gasteiger partial charge in [-0.15, -0.1) is 0 Å². The Bertz CT molecular complexity index is 579. The van der Waals surface area contributed by atoms with Crippen molar-refractivity contribution in [3.63, 3.8) is 0 Å². The van der Waals surface area contributed by atoms with Crippen molar-refractivity contribution in [1.29, 1.82) is 0 Å². The average Bonchev–Trinajstić information content (AvgIpc) is 3.03. The first-order valence-electron chi connectivity index (χ1n) is 8.29. The van der Waals surface area contributed by atoms with Crippen molar-refractivity contribution < 1.29 is 17.9 Å². The van der Waals surface area contributed by atoms with Crippen LogP contribution < -0.4 is 15.8 Å². The molecule has 1 aromatic rings. The first-order valence-corrected chi connectivity index (χ1v) is 8.29. The number of nitrogens with zero attached hydrogens (tertiary/aromatic N) is 3. The van der Waals surface area contributed by atoms with Crippen LogP contribution in [0.3, 0.4) is 0 Å². The molecule has 3 N–H and O–H groups in total. The maximum atomic E-state index is 12.2. The minimum Gasteiger partial charge on any atom is -0.468 e. The number of pyridine rings is 1. The molecule has 9 heteroatoms. The Balaban J connectivity index is 1.81. The highest BCUT2D eigenvalue weighted by Crippen LogP contribution is 2.18. The molecule has 2 heterocycles. The van der Waals surface area contributed by atoms with Gasteiger partial charge in [0.2, 0.25) is 5.88 Å². The number of rotatable bonds is 7. The Morgan fingerprint density at radius 1 is 1.52 bits per heavy atom. The van der Waals surface area contributed by atoms with Crippen LogP contribution in [-0.4, -0.2) is 54.3 Å². The summed E-state index contributed by atoms with van der Waals surface area (Å²) in [6.07, 6.45) is -0.679. The minimum absolute atomic E-state index is 0.0823. The first-order chi connectivity index (χ1) is 11.9. The Kier molecular flexibility index (Phi) is 6.86. The van der Waals surface area contributed by atoms with Crippen LogP contribution in [0.25, 0.3) is 0 Å². The lowest BCUT2D eigenvalue weighted by Gasteiger charge is -2.23. The van der Waals surface area contributed by atoms with E-state index in [1.165, 1.54) is 18.7 Å². The summed E-state index contributed by atoms with van der Waals surface area (Å²) < 4.78 is 41.1. The number of nitrogens with one attached hydrogen (secondary N) is 1. The predicted molar refractivity (Wildman–Crippen MR) is 89.4 cm³/mol. The number of likely N-dealkylation sites (N-methyl/N-ethyl adjacent to an activating group) is 1. The molecule has 0 aromatic carbocycles. The number of likely N-dealkylation sites (tertiary alicyclic amines) is 1. The van der Waals surface area contributed by atoms with Crippen LogP contribution >= 0.6 is 0 Å². The number of nitrogens with two attached hydrogens (primary N) is 1. The van der Waals surface area contributed by atoms with E-state index in [4.69, 9.17) is 5.73 Å². The Morgan fingerprint density at radius 2 is 2.32 bits per heavy atom. The van der Waals surface area contributed by atoms with Gasteiger partial charge in [0.15, 0.2) is 12.6 Å². The van der Waals surface area contributed by atoms with Crippen LogP contribution in [0.15, 0.2) is 23.3 Å². The molecule has 1 fully saturated rings. The lowest BCUT2D eigenvalue weighted by Crippen LogP contribution is -2.42. The molecule has 1 unspecified atom stereocenters. The second-order valence-electron chi connectivity index (χ2n) is 5.91. The van der Waals surface area contributed by atoms with Crippen molar-refractivity contribution >= 4 is 5.96 Å². The molecule has 0 amide bonds. The van der Waals surface area contributed by atoms with E-state index in [1.807, 2.05) is 0 Å². The number of hydrogen-bond acceptors (Lipinski definition) is 4. The van der Waals surface area contributed by atoms with E-state index in [0.29, 0.717) is 17.6 Å². The molecule has 1 aromatic heterocycles. The van der Waals surface area contributed by atoms with Crippen molar-refractivity contribution in [1.82, 2.24) is 15.2 Å². The molecule has 6 nitrogen and oxygen atoms in total. The van der Waals surface area contributed by atoms with E-state index in [-0.39, 0.29) is 12.4 Å². The molecule has 1 saturated heterocycles. The van der Waals surface area contributed by atoms with Crippen molar-refractivity contribution in [2.75, 3.05) is 26.2 Å². The fourth-order valence-electron chi connectivity index (χ4n) is 2.78.